The summed E-state index contributed by atoms with van der Waals surface area (Å²) >= 11 is 0. The molecule has 6 heteroatoms. The van der Waals surface area contributed by atoms with Gasteiger partial charge in [-0.3, -0.25) is 7.94 Å². The van der Waals surface area contributed by atoms with E-state index in [1.54, 1.807) is 0 Å². The fraction of sp³-hybridized carbons (Fsp3) is 1.00. The normalized spacial score (nSPS) is 16.0. The molecular formula is C8H23O3PS2. The van der Waals surface area contributed by atoms with Crippen LogP contribution in [0.15, 0.2) is 0 Å². The Balaban J connectivity index is 4.16. The van der Waals surface area contributed by atoms with Crippen LogP contribution in [-0.4, -0.2) is 44.1 Å². The lowest BCUT2D eigenvalue weighted by Gasteiger charge is -2.34. The quantitative estimate of drug-likeness (QED) is 0.686. The first-order valence-corrected chi connectivity index (χ1v) is 11.0. The summed E-state index contributed by atoms with van der Waals surface area (Å²) in [7, 11) is -3.21. The van der Waals surface area contributed by atoms with E-state index in [1.165, 1.54) is 0 Å². The fourth-order valence-corrected chi connectivity index (χ4v) is 4.33. The van der Waals surface area contributed by atoms with Crippen molar-refractivity contribution in [3.63, 3.8) is 0 Å². The van der Waals surface area contributed by atoms with Gasteiger partial charge in [0.05, 0.1) is 6.61 Å². The Hall–Kier alpha value is 1.01. The molecule has 0 atom stereocenters. The molecule has 0 radical (unpaired) electrons. The Morgan fingerprint density at radius 1 is 0.857 bits per heavy atom. The molecule has 0 saturated heterocycles. The van der Waals surface area contributed by atoms with Crippen molar-refractivity contribution in [1.29, 1.82) is 0 Å². The number of hydrogen-bond donors (Lipinski definition) is 0. The molecule has 0 spiro atoms. The zero-order chi connectivity index (χ0) is 11.4. The van der Waals surface area contributed by atoms with Gasteiger partial charge in [0.25, 0.3) is 0 Å². The topological polar surface area (TPSA) is 27.7 Å². The molecule has 0 unspecified atom stereocenters. The molecular weight excluding hydrogens is 239 g/mol. The van der Waals surface area contributed by atoms with E-state index >= 15 is 0 Å². The molecule has 0 N–H and O–H groups in total. The van der Waals surface area contributed by atoms with Gasteiger partial charge in [-0.25, -0.2) is 0 Å². The molecule has 0 bridgehead atoms. The molecule has 0 fully saturated rings. The monoisotopic (exact) mass is 262 g/mol. The minimum absolute atomic E-state index is 0.636. The molecule has 0 heterocycles. The number of rotatable bonds is 6. The standard InChI is InChI=1S/C8H23O3PS2/c1-8-9-12(10-13(2,3)4)11-14(5,6)7/h8H2,1-7H3. The van der Waals surface area contributed by atoms with Crippen LogP contribution in [0.5, 0.6) is 0 Å². The van der Waals surface area contributed by atoms with E-state index in [4.69, 9.17) is 12.5 Å². The van der Waals surface area contributed by atoms with E-state index in [9.17, 15) is 0 Å². The van der Waals surface area contributed by atoms with Crippen LogP contribution >= 0.6 is 29.2 Å². The molecule has 0 aliphatic rings. The van der Waals surface area contributed by atoms with Gasteiger partial charge in [-0.05, 0) is 44.5 Å². The maximum Gasteiger partial charge on any atom is 0.353 e. The van der Waals surface area contributed by atoms with Gasteiger partial charge in [0.2, 0.25) is 0 Å². The van der Waals surface area contributed by atoms with Gasteiger partial charge in [-0.15, -0.1) is 20.6 Å². The van der Waals surface area contributed by atoms with Crippen LogP contribution in [-0.2, 0) is 12.5 Å². The van der Waals surface area contributed by atoms with Crippen LogP contribution in [0.2, 0.25) is 0 Å². The largest absolute Gasteiger partial charge is 0.353 e. The van der Waals surface area contributed by atoms with Crippen molar-refractivity contribution < 1.29 is 12.5 Å². The zero-order valence-electron chi connectivity index (χ0n) is 10.2. The second kappa shape index (κ2) is 5.92. The van der Waals surface area contributed by atoms with Crippen molar-refractivity contribution in [2.24, 2.45) is 0 Å². The second-order valence-electron chi connectivity index (χ2n) is 4.24. The Kier molecular flexibility index (Phi) is 6.35. The lowest BCUT2D eigenvalue weighted by Crippen LogP contribution is -2.02. The van der Waals surface area contributed by atoms with Crippen LogP contribution in [0.25, 0.3) is 0 Å². The van der Waals surface area contributed by atoms with Gasteiger partial charge in [0, 0.05) is 0 Å². The maximum atomic E-state index is 5.78. The fourth-order valence-electron chi connectivity index (χ4n) is 0.526. The molecule has 14 heavy (non-hydrogen) atoms. The third-order valence-electron chi connectivity index (χ3n) is 0.803. The van der Waals surface area contributed by atoms with E-state index < -0.39 is 29.2 Å². The van der Waals surface area contributed by atoms with Crippen LogP contribution in [0.1, 0.15) is 6.92 Å². The minimum atomic E-state index is -1.16. The SMILES string of the molecule is CCOP(OS(C)(C)C)OS(C)(C)C. The molecule has 0 aromatic carbocycles. The van der Waals surface area contributed by atoms with Crippen molar-refractivity contribution in [2.45, 2.75) is 6.92 Å². The Labute approximate surface area is 92.9 Å². The first-order valence-electron chi connectivity index (χ1n) is 4.33. The predicted molar refractivity (Wildman–Crippen MR) is 71.4 cm³/mol. The lowest BCUT2D eigenvalue weighted by molar-refractivity contribution is 0.296. The molecule has 0 aliphatic carbocycles. The third kappa shape index (κ3) is 9.56. The number of hydrogen-bond acceptors (Lipinski definition) is 3. The highest BCUT2D eigenvalue weighted by molar-refractivity contribution is 8.31. The van der Waals surface area contributed by atoms with Crippen molar-refractivity contribution >= 4 is 29.2 Å². The highest BCUT2D eigenvalue weighted by Crippen LogP contribution is 2.61. The van der Waals surface area contributed by atoms with E-state index in [1.807, 2.05) is 6.92 Å². The molecule has 0 amide bonds. The van der Waals surface area contributed by atoms with E-state index in [-0.39, 0.29) is 0 Å². The van der Waals surface area contributed by atoms with E-state index in [2.05, 4.69) is 37.5 Å². The first-order chi connectivity index (χ1) is 6.14. The Bertz CT molecular complexity index is 149. The van der Waals surface area contributed by atoms with Crippen molar-refractivity contribution in [2.75, 3.05) is 44.1 Å². The molecule has 0 aromatic heterocycles. The van der Waals surface area contributed by atoms with Crippen LogP contribution in [0, 0.1) is 0 Å². The van der Waals surface area contributed by atoms with Gasteiger partial charge >= 0.3 is 8.60 Å². The lowest BCUT2D eigenvalue weighted by atomic mass is 10.9. The zero-order valence-corrected chi connectivity index (χ0v) is 12.7. The van der Waals surface area contributed by atoms with Gasteiger partial charge in [0.1, 0.15) is 0 Å². The van der Waals surface area contributed by atoms with Gasteiger partial charge in [-0.2, -0.15) is 0 Å². The summed E-state index contributed by atoms with van der Waals surface area (Å²) in [5.41, 5.74) is 0. The second-order valence-corrected chi connectivity index (χ2v) is 13.0. The summed E-state index contributed by atoms with van der Waals surface area (Å²) in [6, 6.07) is 0. The average molecular weight is 262 g/mol. The van der Waals surface area contributed by atoms with E-state index in [0.717, 1.165) is 0 Å². The smallest absolute Gasteiger partial charge is 0.311 e. The first kappa shape index (κ1) is 15.0. The van der Waals surface area contributed by atoms with Crippen LogP contribution in [0.3, 0.4) is 0 Å². The van der Waals surface area contributed by atoms with Gasteiger partial charge < -0.3 is 4.52 Å². The molecule has 0 saturated carbocycles. The van der Waals surface area contributed by atoms with Gasteiger partial charge in [-0.1, -0.05) is 0 Å². The average Bonchev–Trinajstić information content (AvgIpc) is 1.78. The van der Waals surface area contributed by atoms with Crippen molar-refractivity contribution in [3.05, 3.63) is 0 Å². The third-order valence-corrected chi connectivity index (χ3v) is 5.82. The Morgan fingerprint density at radius 3 is 1.43 bits per heavy atom. The molecule has 0 aromatic rings. The molecule has 3 nitrogen and oxygen atoms in total. The van der Waals surface area contributed by atoms with Crippen LogP contribution < -0.4 is 0 Å². The highest BCUT2D eigenvalue weighted by atomic mass is 32.3. The maximum absolute atomic E-state index is 5.78. The molecule has 0 rings (SSSR count). The summed E-state index contributed by atoms with van der Waals surface area (Å²) in [5.74, 6) is 0. The molecule has 90 valence electrons. The van der Waals surface area contributed by atoms with Crippen molar-refractivity contribution in [3.8, 4) is 0 Å². The Morgan fingerprint density at radius 2 is 1.21 bits per heavy atom. The van der Waals surface area contributed by atoms with Crippen molar-refractivity contribution in [1.82, 2.24) is 0 Å². The molecule has 0 aliphatic heterocycles. The summed E-state index contributed by atoms with van der Waals surface area (Å²) in [5, 5.41) is 0. The highest BCUT2D eigenvalue weighted by Gasteiger charge is 2.22. The summed E-state index contributed by atoms with van der Waals surface area (Å²) in [4.78, 5) is 0. The summed E-state index contributed by atoms with van der Waals surface area (Å²) in [6.45, 7) is 2.59. The minimum Gasteiger partial charge on any atom is -0.311 e. The van der Waals surface area contributed by atoms with Gasteiger partial charge in [0.15, 0.2) is 0 Å². The summed E-state index contributed by atoms with van der Waals surface area (Å²) in [6.07, 6.45) is 12.5. The van der Waals surface area contributed by atoms with E-state index in [0.29, 0.717) is 6.61 Å². The summed E-state index contributed by atoms with van der Waals surface area (Å²) < 4.78 is 17.0. The van der Waals surface area contributed by atoms with Crippen LogP contribution in [0.4, 0.5) is 0 Å². The predicted octanol–water partition coefficient (Wildman–Crippen LogP) is 3.50.